The zero-order chi connectivity index (χ0) is 9.68. The third-order valence-corrected chi connectivity index (χ3v) is 3.16. The molecule has 0 saturated heterocycles. The summed E-state index contributed by atoms with van der Waals surface area (Å²) in [6.45, 7) is 2.72. The van der Waals surface area contributed by atoms with Crippen molar-refractivity contribution in [1.82, 2.24) is 5.32 Å². The molecule has 1 amide bonds. The summed E-state index contributed by atoms with van der Waals surface area (Å²) in [5.74, 6) is 0.102. The van der Waals surface area contributed by atoms with Gasteiger partial charge in [0.15, 0.2) is 0 Å². The number of nitrogens with one attached hydrogen (secondary N) is 1. The van der Waals surface area contributed by atoms with Crippen LogP contribution in [0.5, 0.6) is 0 Å². The van der Waals surface area contributed by atoms with Crippen molar-refractivity contribution in [2.45, 2.75) is 19.9 Å². The van der Waals surface area contributed by atoms with Gasteiger partial charge in [-0.05, 0) is 23.9 Å². The Labute approximate surface area is 90.5 Å². The van der Waals surface area contributed by atoms with Crippen molar-refractivity contribution in [2.75, 3.05) is 5.33 Å². The maximum atomic E-state index is 11.1. The van der Waals surface area contributed by atoms with Crippen LogP contribution in [0.2, 0.25) is 0 Å². The lowest BCUT2D eigenvalue weighted by Gasteiger charge is -2.02. The molecule has 0 unspecified atom stereocenters. The van der Waals surface area contributed by atoms with E-state index in [1.165, 1.54) is 10.4 Å². The molecule has 2 nitrogen and oxygen atoms in total. The van der Waals surface area contributed by atoms with E-state index < -0.39 is 0 Å². The van der Waals surface area contributed by atoms with Gasteiger partial charge in [0.25, 0.3) is 0 Å². The van der Waals surface area contributed by atoms with Gasteiger partial charge in [0.2, 0.25) is 5.91 Å². The van der Waals surface area contributed by atoms with E-state index in [2.05, 4.69) is 34.2 Å². The lowest BCUT2D eigenvalue weighted by Crippen LogP contribution is -2.22. The minimum atomic E-state index is 0.102. The average molecular weight is 262 g/mol. The van der Waals surface area contributed by atoms with E-state index >= 15 is 0 Å². The molecule has 0 fully saturated rings. The van der Waals surface area contributed by atoms with Gasteiger partial charge >= 0.3 is 0 Å². The molecule has 0 saturated carbocycles. The Morgan fingerprint density at radius 3 is 3.00 bits per heavy atom. The number of halogens is 1. The zero-order valence-corrected chi connectivity index (χ0v) is 9.87. The summed E-state index contributed by atoms with van der Waals surface area (Å²) in [6, 6.07) is 2.07. The largest absolute Gasteiger partial charge is 0.351 e. The second-order valence-corrected chi connectivity index (χ2v) is 4.54. The second-order valence-electron chi connectivity index (χ2n) is 2.74. The summed E-state index contributed by atoms with van der Waals surface area (Å²) in [5, 5.41) is 5.64. The van der Waals surface area contributed by atoms with Crippen LogP contribution in [0.15, 0.2) is 11.4 Å². The maximum Gasteiger partial charge on any atom is 0.221 e. The number of rotatable bonds is 4. The van der Waals surface area contributed by atoms with Gasteiger partial charge in [0.1, 0.15) is 0 Å². The monoisotopic (exact) mass is 261 g/mol. The van der Waals surface area contributed by atoms with Crippen LogP contribution in [0.4, 0.5) is 0 Å². The molecule has 0 aliphatic carbocycles. The Bertz CT molecular complexity index is 285. The molecule has 1 N–H and O–H groups in total. The van der Waals surface area contributed by atoms with Gasteiger partial charge in [-0.15, -0.1) is 11.3 Å². The van der Waals surface area contributed by atoms with Gasteiger partial charge in [0, 0.05) is 16.6 Å². The number of hydrogen-bond acceptors (Lipinski definition) is 2. The highest BCUT2D eigenvalue weighted by molar-refractivity contribution is 9.09. The van der Waals surface area contributed by atoms with Crippen LogP contribution in [0.25, 0.3) is 0 Å². The molecule has 0 atom stereocenters. The fraction of sp³-hybridized carbons (Fsp3) is 0.444. The first-order chi connectivity index (χ1) is 6.24. The first-order valence-corrected chi connectivity index (χ1v) is 6.10. The SMILES string of the molecule is Cc1ccsc1CNC(=O)CCBr. The number of carbonyl (C=O) groups excluding carboxylic acids is 1. The third kappa shape index (κ3) is 3.48. The lowest BCUT2D eigenvalue weighted by atomic mass is 10.3. The predicted molar refractivity (Wildman–Crippen MR) is 59.3 cm³/mol. The van der Waals surface area contributed by atoms with E-state index in [1.807, 2.05) is 5.38 Å². The number of alkyl halides is 1. The molecule has 1 aromatic rings. The smallest absolute Gasteiger partial charge is 0.221 e. The van der Waals surface area contributed by atoms with E-state index in [4.69, 9.17) is 0 Å². The number of aryl methyl sites for hydroxylation is 1. The van der Waals surface area contributed by atoms with Crippen molar-refractivity contribution >= 4 is 33.2 Å². The molecule has 0 spiro atoms. The number of amides is 1. The van der Waals surface area contributed by atoms with Crippen molar-refractivity contribution in [3.05, 3.63) is 21.9 Å². The van der Waals surface area contributed by atoms with E-state index in [9.17, 15) is 4.79 Å². The molecule has 1 aromatic heterocycles. The molecule has 1 heterocycles. The van der Waals surface area contributed by atoms with Crippen molar-refractivity contribution in [1.29, 1.82) is 0 Å². The van der Waals surface area contributed by atoms with Crippen molar-refractivity contribution < 1.29 is 4.79 Å². The van der Waals surface area contributed by atoms with E-state index in [1.54, 1.807) is 11.3 Å². The fourth-order valence-corrected chi connectivity index (χ4v) is 2.14. The van der Waals surface area contributed by atoms with Crippen molar-refractivity contribution in [3.63, 3.8) is 0 Å². The molecule has 0 radical (unpaired) electrons. The lowest BCUT2D eigenvalue weighted by molar-refractivity contribution is -0.120. The van der Waals surface area contributed by atoms with Crippen LogP contribution in [0, 0.1) is 6.92 Å². The first kappa shape index (κ1) is 10.7. The maximum absolute atomic E-state index is 11.1. The molecule has 0 aliphatic heterocycles. The van der Waals surface area contributed by atoms with Crippen LogP contribution in [0.1, 0.15) is 16.9 Å². The Kier molecular flexibility index (Phi) is 4.45. The first-order valence-electron chi connectivity index (χ1n) is 4.09. The van der Waals surface area contributed by atoms with Gasteiger partial charge in [0.05, 0.1) is 6.54 Å². The molecule has 0 aromatic carbocycles. The Hall–Kier alpha value is -0.350. The molecule has 0 bridgehead atoms. The summed E-state index contributed by atoms with van der Waals surface area (Å²) in [4.78, 5) is 12.4. The summed E-state index contributed by atoms with van der Waals surface area (Å²) < 4.78 is 0. The molecule has 4 heteroatoms. The summed E-state index contributed by atoms with van der Waals surface area (Å²) in [7, 11) is 0. The van der Waals surface area contributed by atoms with Crippen LogP contribution >= 0.6 is 27.3 Å². The highest BCUT2D eigenvalue weighted by Crippen LogP contribution is 2.14. The quantitative estimate of drug-likeness (QED) is 0.830. The minimum Gasteiger partial charge on any atom is -0.351 e. The second kappa shape index (κ2) is 5.40. The highest BCUT2D eigenvalue weighted by atomic mass is 79.9. The molecule has 72 valence electrons. The van der Waals surface area contributed by atoms with Crippen LogP contribution < -0.4 is 5.32 Å². The molecule has 0 aliphatic rings. The summed E-state index contributed by atoms with van der Waals surface area (Å²) >= 11 is 4.91. The minimum absolute atomic E-state index is 0.102. The van der Waals surface area contributed by atoms with Crippen molar-refractivity contribution in [3.8, 4) is 0 Å². The normalized spacial score (nSPS) is 10.0. The molecule has 13 heavy (non-hydrogen) atoms. The standard InChI is InChI=1S/C9H12BrNOS/c1-7-3-5-13-8(7)6-11-9(12)2-4-10/h3,5H,2,4,6H2,1H3,(H,11,12). The van der Waals surface area contributed by atoms with Gasteiger partial charge in [-0.2, -0.15) is 0 Å². The molecular weight excluding hydrogens is 250 g/mol. The van der Waals surface area contributed by atoms with Gasteiger partial charge in [-0.1, -0.05) is 15.9 Å². The molecule has 1 rings (SSSR count). The average Bonchev–Trinajstić information content (AvgIpc) is 2.48. The van der Waals surface area contributed by atoms with E-state index in [-0.39, 0.29) is 5.91 Å². The zero-order valence-electron chi connectivity index (χ0n) is 7.47. The Morgan fingerprint density at radius 1 is 1.69 bits per heavy atom. The number of hydrogen-bond donors (Lipinski definition) is 1. The Morgan fingerprint density at radius 2 is 2.46 bits per heavy atom. The van der Waals surface area contributed by atoms with Crippen molar-refractivity contribution in [2.24, 2.45) is 0 Å². The number of carbonyl (C=O) groups is 1. The summed E-state index contributed by atoms with van der Waals surface area (Å²) in [5.41, 5.74) is 1.25. The van der Waals surface area contributed by atoms with Crippen LogP contribution in [-0.2, 0) is 11.3 Å². The van der Waals surface area contributed by atoms with Gasteiger partial charge < -0.3 is 5.32 Å². The van der Waals surface area contributed by atoms with Gasteiger partial charge in [-0.25, -0.2) is 0 Å². The highest BCUT2D eigenvalue weighted by Gasteiger charge is 2.02. The molecular formula is C9H12BrNOS. The topological polar surface area (TPSA) is 29.1 Å². The predicted octanol–water partition coefficient (Wildman–Crippen LogP) is 2.46. The van der Waals surface area contributed by atoms with Crippen LogP contribution in [-0.4, -0.2) is 11.2 Å². The summed E-state index contributed by atoms with van der Waals surface area (Å²) in [6.07, 6.45) is 0.546. The van der Waals surface area contributed by atoms with E-state index in [0.29, 0.717) is 13.0 Å². The third-order valence-electron chi connectivity index (χ3n) is 1.74. The number of thiophene rings is 1. The Balaban J connectivity index is 2.35. The fourth-order valence-electron chi connectivity index (χ4n) is 0.938. The van der Waals surface area contributed by atoms with Gasteiger partial charge in [-0.3, -0.25) is 4.79 Å². The van der Waals surface area contributed by atoms with Crippen LogP contribution in [0.3, 0.4) is 0 Å². The van der Waals surface area contributed by atoms with E-state index in [0.717, 1.165) is 5.33 Å².